The first-order valence-electron chi connectivity index (χ1n) is 7.91. The van der Waals surface area contributed by atoms with E-state index in [1.54, 1.807) is 0 Å². The first-order valence-corrected chi connectivity index (χ1v) is 7.91. The Hall–Kier alpha value is -3.14. The number of rotatable bonds is 3. The van der Waals surface area contributed by atoms with Crippen molar-refractivity contribution in [1.82, 2.24) is 9.38 Å². The van der Waals surface area contributed by atoms with E-state index in [9.17, 15) is 4.79 Å². The minimum Gasteiger partial charge on any atom is -0.325 e. The summed E-state index contributed by atoms with van der Waals surface area (Å²) in [6.07, 6.45) is 4.11. The molecule has 4 nitrogen and oxygen atoms in total. The number of pyridine rings is 1. The molecule has 2 aromatic carbocycles. The van der Waals surface area contributed by atoms with E-state index in [4.69, 9.17) is 0 Å². The predicted molar refractivity (Wildman–Crippen MR) is 96.2 cm³/mol. The number of carbonyl (C=O) groups is 1. The zero-order valence-electron chi connectivity index (χ0n) is 13.4. The Labute approximate surface area is 139 Å². The monoisotopic (exact) mass is 315 g/mol. The molecule has 0 radical (unpaired) electrons. The van der Waals surface area contributed by atoms with Gasteiger partial charge in [0.1, 0.15) is 5.65 Å². The Morgan fingerprint density at radius 2 is 1.92 bits per heavy atom. The highest BCUT2D eigenvalue weighted by atomic mass is 16.1. The van der Waals surface area contributed by atoms with Gasteiger partial charge in [-0.05, 0) is 30.0 Å². The number of amides is 1. The number of anilines is 1. The molecule has 0 saturated heterocycles. The van der Waals surface area contributed by atoms with Crippen molar-refractivity contribution < 1.29 is 4.79 Å². The van der Waals surface area contributed by atoms with Crippen LogP contribution in [0.25, 0.3) is 16.4 Å². The topological polar surface area (TPSA) is 46.4 Å². The number of benzene rings is 2. The third-order valence-corrected chi connectivity index (χ3v) is 4.13. The Bertz CT molecular complexity index is 1040. The molecule has 0 atom stereocenters. The number of hydrogen-bond donors (Lipinski definition) is 1. The van der Waals surface area contributed by atoms with Gasteiger partial charge in [0.2, 0.25) is 5.91 Å². The van der Waals surface area contributed by atoms with E-state index >= 15 is 0 Å². The molecule has 2 heterocycles. The van der Waals surface area contributed by atoms with Crippen molar-refractivity contribution in [1.29, 1.82) is 0 Å². The van der Waals surface area contributed by atoms with Crippen LogP contribution in [0.5, 0.6) is 0 Å². The van der Waals surface area contributed by atoms with Gasteiger partial charge in [-0.15, -0.1) is 0 Å². The van der Waals surface area contributed by atoms with E-state index in [0.29, 0.717) is 0 Å². The summed E-state index contributed by atoms with van der Waals surface area (Å²) >= 11 is 0. The molecule has 0 aliphatic heterocycles. The normalized spacial score (nSPS) is 11.0. The molecule has 118 valence electrons. The van der Waals surface area contributed by atoms with E-state index in [1.807, 2.05) is 78.3 Å². The highest BCUT2D eigenvalue weighted by Crippen LogP contribution is 2.23. The smallest absolute Gasteiger partial charge is 0.230 e. The lowest BCUT2D eigenvalue weighted by atomic mass is 10.1. The van der Waals surface area contributed by atoms with Gasteiger partial charge in [-0.3, -0.25) is 4.79 Å². The van der Waals surface area contributed by atoms with Crippen LogP contribution < -0.4 is 5.32 Å². The maximum Gasteiger partial charge on any atom is 0.230 e. The number of hydrogen-bond acceptors (Lipinski definition) is 2. The van der Waals surface area contributed by atoms with Crippen LogP contribution in [0, 0.1) is 6.92 Å². The predicted octanol–water partition coefficient (Wildman–Crippen LogP) is 3.98. The first-order chi connectivity index (χ1) is 11.7. The summed E-state index contributed by atoms with van der Waals surface area (Å²) in [6.45, 7) is 2.02. The summed E-state index contributed by atoms with van der Waals surface area (Å²) in [7, 11) is 0. The Morgan fingerprint density at radius 1 is 1.08 bits per heavy atom. The number of carbonyl (C=O) groups excluding carboxylic acids is 1. The average molecular weight is 315 g/mol. The van der Waals surface area contributed by atoms with E-state index in [0.717, 1.165) is 33.4 Å². The molecule has 0 bridgehead atoms. The minimum absolute atomic E-state index is 0.0626. The van der Waals surface area contributed by atoms with Gasteiger partial charge >= 0.3 is 0 Å². The van der Waals surface area contributed by atoms with Crippen molar-refractivity contribution >= 4 is 28.0 Å². The molecule has 1 N–H and O–H groups in total. The van der Waals surface area contributed by atoms with Gasteiger partial charge < -0.3 is 9.72 Å². The highest BCUT2D eigenvalue weighted by molar-refractivity contribution is 6.02. The largest absolute Gasteiger partial charge is 0.325 e. The molecule has 0 saturated carbocycles. The number of fused-ring (bicyclic) bond motifs is 2. The fourth-order valence-corrected chi connectivity index (χ4v) is 2.98. The molecular formula is C20H17N3O. The van der Waals surface area contributed by atoms with Crippen LogP contribution >= 0.6 is 0 Å². The van der Waals surface area contributed by atoms with Gasteiger partial charge in [-0.1, -0.05) is 42.5 Å². The van der Waals surface area contributed by atoms with Crippen LogP contribution in [-0.4, -0.2) is 15.3 Å². The van der Waals surface area contributed by atoms with Gasteiger partial charge in [0, 0.05) is 23.5 Å². The maximum absolute atomic E-state index is 12.4. The molecule has 0 spiro atoms. The molecule has 4 rings (SSSR count). The number of aromatic nitrogens is 2. The number of nitrogens with zero attached hydrogens (tertiary/aromatic N) is 2. The van der Waals surface area contributed by atoms with E-state index in [-0.39, 0.29) is 12.3 Å². The van der Waals surface area contributed by atoms with Gasteiger partial charge in [0.15, 0.2) is 0 Å². The summed E-state index contributed by atoms with van der Waals surface area (Å²) in [6, 6.07) is 17.9. The lowest BCUT2D eigenvalue weighted by molar-refractivity contribution is -0.115. The van der Waals surface area contributed by atoms with Crippen LogP contribution in [0.4, 0.5) is 5.69 Å². The fourth-order valence-electron chi connectivity index (χ4n) is 2.98. The van der Waals surface area contributed by atoms with E-state index in [1.165, 1.54) is 0 Å². The number of nitrogens with one attached hydrogen (secondary N) is 1. The van der Waals surface area contributed by atoms with Crippen molar-refractivity contribution in [3.63, 3.8) is 0 Å². The Morgan fingerprint density at radius 3 is 2.79 bits per heavy atom. The summed E-state index contributed by atoms with van der Waals surface area (Å²) in [5, 5.41) is 5.15. The van der Waals surface area contributed by atoms with Gasteiger partial charge in [0.25, 0.3) is 0 Å². The second kappa shape index (κ2) is 5.81. The van der Waals surface area contributed by atoms with Crippen LogP contribution in [0.3, 0.4) is 0 Å². The molecule has 0 fully saturated rings. The van der Waals surface area contributed by atoms with E-state index in [2.05, 4.69) is 10.3 Å². The van der Waals surface area contributed by atoms with E-state index < -0.39 is 0 Å². The number of imidazole rings is 1. The van der Waals surface area contributed by atoms with Crippen molar-refractivity contribution in [2.45, 2.75) is 13.3 Å². The molecule has 4 aromatic rings. The molecule has 24 heavy (non-hydrogen) atoms. The molecule has 1 amide bonds. The number of aryl methyl sites for hydroxylation is 1. The molecule has 0 aliphatic carbocycles. The van der Waals surface area contributed by atoms with Crippen molar-refractivity contribution in [2.75, 3.05) is 5.32 Å². The molecule has 2 aromatic heterocycles. The van der Waals surface area contributed by atoms with Gasteiger partial charge in [0.05, 0.1) is 12.1 Å². The second-order valence-corrected chi connectivity index (χ2v) is 5.91. The van der Waals surface area contributed by atoms with Crippen molar-refractivity contribution in [3.05, 3.63) is 78.2 Å². The summed E-state index contributed by atoms with van der Waals surface area (Å²) in [4.78, 5) is 17.0. The molecule has 0 aliphatic rings. The Balaban J connectivity index is 1.58. The fraction of sp³-hybridized carbons (Fsp3) is 0.100. The lowest BCUT2D eigenvalue weighted by Crippen LogP contribution is -2.14. The minimum atomic E-state index is -0.0626. The van der Waals surface area contributed by atoms with Crippen LogP contribution in [-0.2, 0) is 11.2 Å². The second-order valence-electron chi connectivity index (χ2n) is 5.91. The van der Waals surface area contributed by atoms with Crippen molar-refractivity contribution in [3.8, 4) is 0 Å². The molecule has 0 unspecified atom stereocenters. The maximum atomic E-state index is 12.4. The zero-order chi connectivity index (χ0) is 16.5. The molecular weight excluding hydrogens is 298 g/mol. The third kappa shape index (κ3) is 2.63. The highest BCUT2D eigenvalue weighted by Gasteiger charge is 2.10. The van der Waals surface area contributed by atoms with Crippen LogP contribution in [0.1, 0.15) is 11.3 Å². The lowest BCUT2D eigenvalue weighted by Gasteiger charge is -2.07. The van der Waals surface area contributed by atoms with Gasteiger partial charge in [-0.25, -0.2) is 4.98 Å². The Kier molecular flexibility index (Phi) is 3.50. The first kappa shape index (κ1) is 14.5. The summed E-state index contributed by atoms with van der Waals surface area (Å²) < 4.78 is 1.95. The van der Waals surface area contributed by atoms with Crippen LogP contribution in [0.2, 0.25) is 0 Å². The zero-order valence-corrected chi connectivity index (χ0v) is 13.4. The SMILES string of the molecule is Cc1cccn2cc(CC(=O)Nc3cccc4ccccc34)nc12. The quantitative estimate of drug-likeness (QED) is 0.621. The third-order valence-electron chi connectivity index (χ3n) is 4.13. The molecule has 4 heteroatoms. The van der Waals surface area contributed by atoms with Gasteiger partial charge in [-0.2, -0.15) is 0 Å². The standard InChI is InChI=1S/C20H17N3O/c1-14-6-5-11-23-13-16(21-20(14)23)12-19(24)22-18-10-4-8-15-7-2-3-9-17(15)18/h2-11,13H,12H2,1H3,(H,22,24). The van der Waals surface area contributed by atoms with Crippen LogP contribution in [0.15, 0.2) is 67.0 Å². The summed E-state index contributed by atoms with van der Waals surface area (Å²) in [5.41, 5.74) is 3.59. The average Bonchev–Trinajstić information content (AvgIpc) is 2.99. The summed E-state index contributed by atoms with van der Waals surface area (Å²) in [5.74, 6) is -0.0626. The van der Waals surface area contributed by atoms with Crippen molar-refractivity contribution in [2.24, 2.45) is 0 Å².